The highest BCUT2D eigenvalue weighted by Gasteiger charge is 2.01. The van der Waals surface area contributed by atoms with Crippen molar-refractivity contribution in [3.63, 3.8) is 0 Å². The molecule has 1 aromatic carbocycles. The molecule has 0 saturated carbocycles. The summed E-state index contributed by atoms with van der Waals surface area (Å²) in [5.41, 5.74) is 3.74. The van der Waals surface area contributed by atoms with Crippen LogP contribution in [0, 0.1) is 6.92 Å². The topological polar surface area (TPSA) is 3.88 Å². The Morgan fingerprint density at radius 2 is 1.84 bits per heavy atom. The first-order chi connectivity index (χ1) is 8.79. The van der Waals surface area contributed by atoms with Gasteiger partial charge in [-0.15, -0.1) is 0 Å². The van der Waals surface area contributed by atoms with Crippen LogP contribution in [-0.4, -0.2) is 0 Å². The van der Waals surface area contributed by atoms with Gasteiger partial charge < -0.3 is 17.0 Å². The van der Waals surface area contributed by atoms with Crippen molar-refractivity contribution in [1.82, 2.24) is 0 Å². The molecule has 19 heavy (non-hydrogen) atoms. The van der Waals surface area contributed by atoms with Gasteiger partial charge in [-0.2, -0.15) is 0 Å². The fourth-order valence-corrected chi connectivity index (χ4v) is 1.87. The Balaban J connectivity index is 0.00000180. The number of benzene rings is 1. The van der Waals surface area contributed by atoms with Crippen molar-refractivity contribution >= 4 is 12.2 Å². The molecule has 2 aromatic rings. The summed E-state index contributed by atoms with van der Waals surface area (Å²) in [4.78, 5) is 0. The summed E-state index contributed by atoms with van der Waals surface area (Å²) < 4.78 is 2.13. The molecule has 1 aromatic heterocycles. The van der Waals surface area contributed by atoms with E-state index < -0.39 is 0 Å². The Morgan fingerprint density at radius 3 is 2.47 bits per heavy atom. The molecule has 0 saturated heterocycles. The lowest BCUT2D eigenvalue weighted by Crippen LogP contribution is -3.00. The largest absolute Gasteiger partial charge is 1.00 e. The number of aryl methyl sites for hydroxylation is 1. The zero-order valence-corrected chi connectivity index (χ0v) is 12.7. The Bertz CT molecular complexity index is 559. The van der Waals surface area contributed by atoms with Crippen LogP contribution in [0.4, 0.5) is 0 Å². The first-order valence-electron chi connectivity index (χ1n) is 6.13. The summed E-state index contributed by atoms with van der Waals surface area (Å²) in [5, 5.41) is 0. The van der Waals surface area contributed by atoms with Crippen molar-refractivity contribution in [3.8, 4) is 0 Å². The Hall–Kier alpha value is -1.67. The normalized spacial score (nSPS) is 10.2. The fourth-order valence-electron chi connectivity index (χ4n) is 1.87. The maximum Gasteiger partial charge on any atom is 0.172 e. The Kier molecular flexibility index (Phi) is 6.23. The maximum absolute atomic E-state index is 3.75. The standard InChI is InChI=1S/C17H18N.BrH/c1-3-12-18-13-11-17(15(2)14-18)10-9-16-7-5-4-6-8-16;/h3-11,13-14H,1,12H2,2H3;1H/q+1;/p-1. The third kappa shape index (κ3) is 4.49. The van der Waals surface area contributed by atoms with E-state index in [1.165, 1.54) is 16.7 Å². The molecular formula is C17H18BrN. The van der Waals surface area contributed by atoms with Crippen molar-refractivity contribution in [3.05, 3.63) is 78.1 Å². The van der Waals surface area contributed by atoms with Gasteiger partial charge in [0.05, 0.1) is 0 Å². The molecule has 0 amide bonds. The van der Waals surface area contributed by atoms with Crippen LogP contribution >= 0.6 is 0 Å². The van der Waals surface area contributed by atoms with E-state index >= 15 is 0 Å². The summed E-state index contributed by atoms with van der Waals surface area (Å²) in [6.45, 7) is 6.73. The van der Waals surface area contributed by atoms with E-state index in [4.69, 9.17) is 0 Å². The second-order valence-electron chi connectivity index (χ2n) is 4.31. The second kappa shape index (κ2) is 7.70. The lowest BCUT2D eigenvalue weighted by atomic mass is 10.1. The summed E-state index contributed by atoms with van der Waals surface area (Å²) in [6, 6.07) is 12.5. The van der Waals surface area contributed by atoms with Crippen molar-refractivity contribution in [1.29, 1.82) is 0 Å². The van der Waals surface area contributed by atoms with Gasteiger partial charge >= 0.3 is 0 Å². The van der Waals surface area contributed by atoms with Gasteiger partial charge in [0, 0.05) is 11.6 Å². The van der Waals surface area contributed by atoms with Gasteiger partial charge in [0.1, 0.15) is 0 Å². The maximum atomic E-state index is 3.75. The number of hydrogen-bond donors (Lipinski definition) is 0. The van der Waals surface area contributed by atoms with Crippen LogP contribution in [0.25, 0.3) is 12.2 Å². The molecule has 2 heteroatoms. The number of pyridine rings is 1. The zero-order valence-electron chi connectivity index (χ0n) is 11.1. The van der Waals surface area contributed by atoms with Gasteiger partial charge in [-0.3, -0.25) is 0 Å². The zero-order chi connectivity index (χ0) is 12.8. The van der Waals surface area contributed by atoms with E-state index in [2.05, 4.69) is 72.9 Å². The third-order valence-corrected chi connectivity index (χ3v) is 2.86. The molecule has 0 atom stereocenters. The Morgan fingerprint density at radius 1 is 1.11 bits per heavy atom. The average Bonchev–Trinajstić information content (AvgIpc) is 2.39. The van der Waals surface area contributed by atoms with Crippen molar-refractivity contribution < 1.29 is 21.5 Å². The molecule has 0 aliphatic rings. The minimum atomic E-state index is 0. The highest BCUT2D eigenvalue weighted by Crippen LogP contribution is 2.10. The number of halogens is 1. The molecule has 98 valence electrons. The van der Waals surface area contributed by atoms with Gasteiger partial charge in [0.25, 0.3) is 0 Å². The molecule has 0 aliphatic heterocycles. The van der Waals surface area contributed by atoms with Gasteiger partial charge in [-0.25, -0.2) is 4.57 Å². The molecule has 0 N–H and O–H groups in total. The third-order valence-electron chi connectivity index (χ3n) is 2.86. The van der Waals surface area contributed by atoms with Gasteiger partial charge in [0.2, 0.25) is 0 Å². The van der Waals surface area contributed by atoms with E-state index in [1.807, 2.05) is 12.1 Å². The molecule has 1 heterocycles. The number of rotatable bonds is 4. The molecule has 0 radical (unpaired) electrons. The first kappa shape index (κ1) is 15.4. The van der Waals surface area contributed by atoms with Crippen molar-refractivity contribution in [2.75, 3.05) is 0 Å². The van der Waals surface area contributed by atoms with Crippen LogP contribution in [0.2, 0.25) is 0 Å². The molecule has 0 spiro atoms. The van der Waals surface area contributed by atoms with E-state index in [0.29, 0.717) is 0 Å². The molecule has 0 bridgehead atoms. The van der Waals surface area contributed by atoms with Crippen LogP contribution in [0.3, 0.4) is 0 Å². The van der Waals surface area contributed by atoms with Crippen LogP contribution in [-0.2, 0) is 6.54 Å². The van der Waals surface area contributed by atoms with Crippen molar-refractivity contribution in [2.24, 2.45) is 0 Å². The number of nitrogens with zero attached hydrogens (tertiary/aromatic N) is 1. The molecular weight excluding hydrogens is 298 g/mol. The van der Waals surface area contributed by atoms with Crippen molar-refractivity contribution in [2.45, 2.75) is 13.5 Å². The summed E-state index contributed by atoms with van der Waals surface area (Å²) in [6.07, 6.45) is 10.4. The lowest BCUT2D eigenvalue weighted by Gasteiger charge is -1.99. The predicted octanol–water partition coefficient (Wildman–Crippen LogP) is 0.643. The first-order valence-corrected chi connectivity index (χ1v) is 6.13. The van der Waals surface area contributed by atoms with Gasteiger partial charge in [-0.05, 0) is 24.1 Å². The number of allylic oxidation sites excluding steroid dienone is 1. The number of hydrogen-bond acceptors (Lipinski definition) is 0. The summed E-state index contributed by atoms with van der Waals surface area (Å²) >= 11 is 0. The summed E-state index contributed by atoms with van der Waals surface area (Å²) in [5.74, 6) is 0. The fraction of sp³-hybridized carbons (Fsp3) is 0.118. The van der Waals surface area contributed by atoms with E-state index in [-0.39, 0.29) is 17.0 Å². The highest BCUT2D eigenvalue weighted by molar-refractivity contribution is 5.70. The predicted molar refractivity (Wildman–Crippen MR) is 76.9 cm³/mol. The minimum Gasteiger partial charge on any atom is -1.00 e. The monoisotopic (exact) mass is 315 g/mol. The highest BCUT2D eigenvalue weighted by atomic mass is 79.9. The van der Waals surface area contributed by atoms with E-state index in [0.717, 1.165) is 6.54 Å². The van der Waals surface area contributed by atoms with E-state index in [9.17, 15) is 0 Å². The molecule has 2 rings (SSSR count). The SMILES string of the molecule is C=CC[n+]1ccc(C=Cc2ccccc2)c(C)c1.[Br-]. The van der Waals surface area contributed by atoms with Gasteiger partial charge in [-0.1, -0.05) is 49.1 Å². The van der Waals surface area contributed by atoms with Gasteiger partial charge in [0.15, 0.2) is 18.9 Å². The molecule has 0 aliphatic carbocycles. The summed E-state index contributed by atoms with van der Waals surface area (Å²) in [7, 11) is 0. The molecule has 0 unspecified atom stereocenters. The smallest absolute Gasteiger partial charge is 0.172 e. The second-order valence-corrected chi connectivity index (χ2v) is 4.31. The average molecular weight is 316 g/mol. The van der Waals surface area contributed by atoms with Crippen LogP contribution in [0.1, 0.15) is 16.7 Å². The van der Waals surface area contributed by atoms with Crippen LogP contribution < -0.4 is 21.5 Å². The molecule has 1 nitrogen and oxygen atoms in total. The number of aromatic nitrogens is 1. The quantitative estimate of drug-likeness (QED) is 0.576. The molecule has 0 fully saturated rings. The van der Waals surface area contributed by atoms with Crippen LogP contribution in [0.15, 0.2) is 61.4 Å². The minimum absolute atomic E-state index is 0. The van der Waals surface area contributed by atoms with E-state index in [1.54, 1.807) is 0 Å². The van der Waals surface area contributed by atoms with Crippen LogP contribution in [0.5, 0.6) is 0 Å². The lowest BCUT2D eigenvalue weighted by molar-refractivity contribution is -0.687. The Labute approximate surface area is 125 Å².